The number of piperidine rings is 1. The molecule has 3 aliphatic rings. The number of aliphatic imine (C=N–C) groups is 1. The SMILES string of the molecule is CCNC(=NCC1(c2ccc3c(c2)OCO3)CCOCC1)N1CCC(C)CC1.I. The van der Waals surface area contributed by atoms with Gasteiger partial charge >= 0.3 is 0 Å². The monoisotopic (exact) mass is 515 g/mol. The highest BCUT2D eigenvalue weighted by molar-refractivity contribution is 14.0. The molecule has 2 saturated heterocycles. The van der Waals surface area contributed by atoms with Crippen LogP contribution in [0, 0.1) is 5.92 Å². The van der Waals surface area contributed by atoms with E-state index in [1.807, 2.05) is 6.07 Å². The molecule has 0 radical (unpaired) electrons. The molecule has 1 aromatic carbocycles. The minimum Gasteiger partial charge on any atom is -0.454 e. The first-order valence-electron chi connectivity index (χ1n) is 10.7. The maximum atomic E-state index is 5.69. The zero-order valence-corrected chi connectivity index (χ0v) is 19.9. The van der Waals surface area contributed by atoms with Crippen molar-refractivity contribution in [3.63, 3.8) is 0 Å². The molecule has 1 aromatic rings. The number of hydrogen-bond donors (Lipinski definition) is 1. The summed E-state index contributed by atoms with van der Waals surface area (Å²) < 4.78 is 16.8. The lowest BCUT2D eigenvalue weighted by atomic mass is 9.74. The Morgan fingerprint density at radius 2 is 1.90 bits per heavy atom. The van der Waals surface area contributed by atoms with Crippen molar-refractivity contribution < 1.29 is 14.2 Å². The molecular weight excluding hydrogens is 481 g/mol. The Hall–Kier alpha value is -1.22. The van der Waals surface area contributed by atoms with Gasteiger partial charge in [-0.15, -0.1) is 24.0 Å². The molecule has 7 heteroatoms. The molecule has 4 rings (SSSR count). The highest BCUT2D eigenvalue weighted by atomic mass is 127. The van der Waals surface area contributed by atoms with Gasteiger partial charge in [0.1, 0.15) is 0 Å². The Morgan fingerprint density at radius 3 is 2.62 bits per heavy atom. The highest BCUT2D eigenvalue weighted by Crippen LogP contribution is 2.41. The standard InChI is InChI=1S/C22H33N3O3.HI/c1-3-23-21(25-10-6-17(2)7-11-25)24-15-22(8-12-26-13-9-22)18-4-5-19-20(14-18)28-16-27-19;/h4-5,14,17H,3,6-13,15-16H2,1-2H3,(H,23,24);1H. The van der Waals surface area contributed by atoms with Crippen molar-refractivity contribution in [2.75, 3.05) is 46.2 Å². The third-order valence-corrected chi connectivity index (χ3v) is 6.38. The Labute approximate surface area is 191 Å². The third kappa shape index (κ3) is 5.10. The lowest BCUT2D eigenvalue weighted by Gasteiger charge is -2.38. The number of guanidine groups is 1. The number of rotatable bonds is 4. The van der Waals surface area contributed by atoms with Crippen LogP contribution in [0.5, 0.6) is 11.5 Å². The fraction of sp³-hybridized carbons (Fsp3) is 0.682. The van der Waals surface area contributed by atoms with E-state index in [0.717, 1.165) is 75.6 Å². The highest BCUT2D eigenvalue weighted by Gasteiger charge is 2.36. The summed E-state index contributed by atoms with van der Waals surface area (Å²) in [5, 5.41) is 3.52. The molecule has 0 unspecified atom stereocenters. The van der Waals surface area contributed by atoms with Gasteiger partial charge in [-0.05, 0) is 56.2 Å². The van der Waals surface area contributed by atoms with Crippen LogP contribution in [0.2, 0.25) is 0 Å². The van der Waals surface area contributed by atoms with Crippen LogP contribution in [0.1, 0.15) is 45.1 Å². The molecule has 0 saturated carbocycles. The van der Waals surface area contributed by atoms with Crippen LogP contribution in [0.25, 0.3) is 0 Å². The van der Waals surface area contributed by atoms with Crippen LogP contribution in [0.15, 0.2) is 23.2 Å². The van der Waals surface area contributed by atoms with Gasteiger partial charge in [-0.2, -0.15) is 0 Å². The van der Waals surface area contributed by atoms with E-state index >= 15 is 0 Å². The predicted octanol–water partition coefficient (Wildman–Crippen LogP) is 3.78. The maximum Gasteiger partial charge on any atom is 0.231 e. The van der Waals surface area contributed by atoms with Crippen molar-refractivity contribution >= 4 is 29.9 Å². The van der Waals surface area contributed by atoms with Crippen molar-refractivity contribution in [2.45, 2.75) is 44.9 Å². The van der Waals surface area contributed by atoms with Crippen LogP contribution in [-0.4, -0.2) is 57.0 Å². The fourth-order valence-electron chi connectivity index (χ4n) is 4.40. The topological polar surface area (TPSA) is 55.3 Å². The smallest absolute Gasteiger partial charge is 0.231 e. The lowest BCUT2D eigenvalue weighted by molar-refractivity contribution is 0.0529. The number of hydrogen-bond acceptors (Lipinski definition) is 4. The fourth-order valence-corrected chi connectivity index (χ4v) is 4.40. The molecule has 162 valence electrons. The molecule has 0 bridgehead atoms. The minimum atomic E-state index is -0.0109. The molecule has 0 aromatic heterocycles. The van der Waals surface area contributed by atoms with E-state index in [1.165, 1.54) is 18.4 Å². The second kappa shape index (κ2) is 10.2. The molecule has 0 spiro atoms. The summed E-state index contributed by atoms with van der Waals surface area (Å²) in [5.41, 5.74) is 1.27. The maximum absolute atomic E-state index is 5.69. The Balaban J connectivity index is 0.00000240. The number of nitrogens with one attached hydrogen (secondary N) is 1. The number of fused-ring (bicyclic) bond motifs is 1. The van der Waals surface area contributed by atoms with Gasteiger partial charge in [0.15, 0.2) is 17.5 Å². The Morgan fingerprint density at radius 1 is 1.17 bits per heavy atom. The average molecular weight is 515 g/mol. The number of nitrogens with zero attached hydrogens (tertiary/aromatic N) is 2. The second-order valence-electron chi connectivity index (χ2n) is 8.30. The number of likely N-dealkylation sites (tertiary alicyclic amines) is 1. The zero-order chi connectivity index (χ0) is 19.4. The third-order valence-electron chi connectivity index (χ3n) is 6.38. The minimum absolute atomic E-state index is 0. The summed E-state index contributed by atoms with van der Waals surface area (Å²) >= 11 is 0. The number of halogens is 1. The first-order chi connectivity index (χ1) is 13.7. The molecule has 0 aliphatic carbocycles. The Bertz CT molecular complexity index is 699. The quantitative estimate of drug-likeness (QED) is 0.376. The van der Waals surface area contributed by atoms with Gasteiger partial charge < -0.3 is 24.4 Å². The van der Waals surface area contributed by atoms with Gasteiger partial charge in [0.05, 0.1) is 6.54 Å². The summed E-state index contributed by atoms with van der Waals surface area (Å²) in [6.07, 6.45) is 4.44. The van der Waals surface area contributed by atoms with Crippen molar-refractivity contribution in [1.29, 1.82) is 0 Å². The van der Waals surface area contributed by atoms with E-state index in [0.29, 0.717) is 6.79 Å². The van der Waals surface area contributed by atoms with Crippen molar-refractivity contribution in [3.05, 3.63) is 23.8 Å². The van der Waals surface area contributed by atoms with E-state index in [4.69, 9.17) is 19.2 Å². The van der Waals surface area contributed by atoms with Crippen molar-refractivity contribution in [2.24, 2.45) is 10.9 Å². The molecule has 3 heterocycles. The average Bonchev–Trinajstić information content (AvgIpc) is 3.20. The first kappa shape index (κ1) is 22.5. The summed E-state index contributed by atoms with van der Waals surface area (Å²) in [6, 6.07) is 6.37. The van der Waals surface area contributed by atoms with E-state index < -0.39 is 0 Å². The summed E-state index contributed by atoms with van der Waals surface area (Å²) in [7, 11) is 0. The molecular formula is C22H34IN3O3. The van der Waals surface area contributed by atoms with Gasteiger partial charge in [-0.1, -0.05) is 13.0 Å². The molecule has 3 aliphatic heterocycles. The molecule has 29 heavy (non-hydrogen) atoms. The van der Waals surface area contributed by atoms with Crippen molar-refractivity contribution in [3.8, 4) is 11.5 Å². The molecule has 1 N–H and O–H groups in total. The van der Waals surface area contributed by atoms with E-state index in [-0.39, 0.29) is 29.4 Å². The number of ether oxygens (including phenoxy) is 3. The summed E-state index contributed by atoms with van der Waals surface area (Å²) in [4.78, 5) is 7.56. The number of benzene rings is 1. The van der Waals surface area contributed by atoms with Gasteiger partial charge in [-0.25, -0.2) is 0 Å². The normalized spacial score (nSPS) is 21.6. The van der Waals surface area contributed by atoms with E-state index in [1.54, 1.807) is 0 Å². The summed E-state index contributed by atoms with van der Waals surface area (Å²) in [5.74, 6) is 3.56. The van der Waals surface area contributed by atoms with Gasteiger partial charge in [0, 0.05) is 38.3 Å². The molecule has 0 amide bonds. The van der Waals surface area contributed by atoms with Crippen LogP contribution < -0.4 is 14.8 Å². The zero-order valence-electron chi connectivity index (χ0n) is 17.6. The van der Waals surface area contributed by atoms with Gasteiger partial charge in [-0.3, -0.25) is 4.99 Å². The largest absolute Gasteiger partial charge is 0.454 e. The van der Waals surface area contributed by atoms with Crippen LogP contribution in [0.3, 0.4) is 0 Å². The predicted molar refractivity (Wildman–Crippen MR) is 126 cm³/mol. The Kier molecular flexibility index (Phi) is 7.90. The van der Waals surface area contributed by atoms with E-state index in [9.17, 15) is 0 Å². The molecule has 6 nitrogen and oxygen atoms in total. The first-order valence-corrected chi connectivity index (χ1v) is 10.7. The van der Waals surface area contributed by atoms with Gasteiger partial charge in [0.25, 0.3) is 0 Å². The van der Waals surface area contributed by atoms with Crippen molar-refractivity contribution in [1.82, 2.24) is 10.2 Å². The summed E-state index contributed by atoms with van der Waals surface area (Å²) in [6.45, 7) is 10.2. The lowest BCUT2D eigenvalue weighted by Crippen LogP contribution is -2.46. The van der Waals surface area contributed by atoms with Crippen LogP contribution >= 0.6 is 24.0 Å². The van der Waals surface area contributed by atoms with Crippen LogP contribution in [-0.2, 0) is 10.2 Å². The van der Waals surface area contributed by atoms with Gasteiger partial charge in [0.2, 0.25) is 6.79 Å². The van der Waals surface area contributed by atoms with Crippen LogP contribution in [0.4, 0.5) is 0 Å². The second-order valence-corrected chi connectivity index (χ2v) is 8.30. The molecule has 0 atom stereocenters. The molecule has 2 fully saturated rings. The van der Waals surface area contributed by atoms with E-state index in [2.05, 4.69) is 36.2 Å².